The minimum absolute atomic E-state index is 0.416. The fourth-order valence-electron chi connectivity index (χ4n) is 5.16. The highest BCUT2D eigenvalue weighted by molar-refractivity contribution is 5.78. The maximum absolute atomic E-state index is 12.5. The molecule has 5 N–H and O–H groups in total. The SMILES string of the molecule is CC.Cc1ccc(C(c2ccc(N(C)N)c(N)c2C)C(C)(C)C(=O)O)cc1CN1CCOc2ccncc2C1. The number of aryl methyl sites for hydroxylation is 1. The molecule has 0 fully saturated rings. The predicted molar refractivity (Wildman–Crippen MR) is 158 cm³/mol. The molecule has 1 aromatic heterocycles. The van der Waals surface area contributed by atoms with Crippen molar-refractivity contribution in [3.63, 3.8) is 0 Å². The summed E-state index contributed by atoms with van der Waals surface area (Å²) < 4.78 is 5.92. The minimum atomic E-state index is -1.08. The van der Waals surface area contributed by atoms with Crippen molar-refractivity contribution in [2.45, 2.75) is 60.5 Å². The third kappa shape index (κ3) is 6.34. The van der Waals surface area contributed by atoms with Crippen LogP contribution in [-0.2, 0) is 17.9 Å². The maximum atomic E-state index is 12.5. The molecule has 1 atom stereocenters. The first-order chi connectivity index (χ1) is 18.5. The number of hydrazine groups is 1. The summed E-state index contributed by atoms with van der Waals surface area (Å²) in [6, 6.07) is 12.0. The minimum Gasteiger partial charge on any atom is -0.492 e. The molecule has 8 nitrogen and oxygen atoms in total. The second-order valence-electron chi connectivity index (χ2n) is 10.5. The normalized spacial score (nSPS) is 14.3. The summed E-state index contributed by atoms with van der Waals surface area (Å²) in [5, 5.41) is 11.7. The second-order valence-corrected chi connectivity index (χ2v) is 10.5. The zero-order valence-electron chi connectivity index (χ0n) is 24.3. The van der Waals surface area contributed by atoms with E-state index in [9.17, 15) is 9.90 Å². The molecule has 4 rings (SSSR count). The molecular formula is C31H43N5O3. The molecule has 3 aromatic rings. The lowest BCUT2D eigenvalue weighted by molar-refractivity contribution is -0.147. The Labute approximate surface area is 232 Å². The molecule has 1 aliphatic rings. The molecule has 0 saturated carbocycles. The van der Waals surface area contributed by atoms with E-state index in [-0.39, 0.29) is 0 Å². The monoisotopic (exact) mass is 533 g/mol. The summed E-state index contributed by atoms with van der Waals surface area (Å²) in [4.78, 5) is 19.1. The number of carbonyl (C=O) groups is 1. The van der Waals surface area contributed by atoms with E-state index in [2.05, 4.69) is 28.9 Å². The highest BCUT2D eigenvalue weighted by Gasteiger charge is 2.40. The number of fused-ring (bicyclic) bond motifs is 1. The number of aliphatic carboxylic acids is 1. The molecule has 0 spiro atoms. The average molecular weight is 534 g/mol. The Hall–Kier alpha value is -3.62. The van der Waals surface area contributed by atoms with E-state index in [4.69, 9.17) is 16.3 Å². The van der Waals surface area contributed by atoms with Crippen LogP contribution in [-0.4, -0.2) is 41.2 Å². The first-order valence-corrected chi connectivity index (χ1v) is 13.5. The first-order valence-electron chi connectivity index (χ1n) is 13.5. The van der Waals surface area contributed by atoms with Crippen molar-refractivity contribution in [1.29, 1.82) is 0 Å². The van der Waals surface area contributed by atoms with E-state index in [1.165, 1.54) is 5.01 Å². The quantitative estimate of drug-likeness (QED) is 0.214. The molecule has 8 heteroatoms. The van der Waals surface area contributed by atoms with Gasteiger partial charge in [-0.05, 0) is 67.6 Å². The lowest BCUT2D eigenvalue weighted by atomic mass is 9.69. The number of benzene rings is 2. The van der Waals surface area contributed by atoms with Gasteiger partial charge in [0, 0.05) is 50.6 Å². The Morgan fingerprint density at radius 3 is 2.59 bits per heavy atom. The third-order valence-electron chi connectivity index (χ3n) is 7.52. The number of nitrogens with zero attached hydrogens (tertiary/aromatic N) is 3. The number of ether oxygens (including phenoxy) is 1. The van der Waals surface area contributed by atoms with Gasteiger partial charge in [-0.1, -0.05) is 38.1 Å². The fraction of sp³-hybridized carbons (Fsp3) is 0.419. The summed E-state index contributed by atoms with van der Waals surface area (Å²) in [6.45, 7) is 14.4. The van der Waals surface area contributed by atoms with E-state index in [0.717, 1.165) is 58.8 Å². The molecule has 2 aromatic carbocycles. The summed E-state index contributed by atoms with van der Waals surface area (Å²) in [7, 11) is 1.73. The Kier molecular flexibility index (Phi) is 9.59. The summed E-state index contributed by atoms with van der Waals surface area (Å²) >= 11 is 0. The van der Waals surface area contributed by atoms with Gasteiger partial charge in [0.25, 0.3) is 0 Å². The summed E-state index contributed by atoms with van der Waals surface area (Å²) in [5.41, 5.74) is 12.7. The van der Waals surface area contributed by atoms with Crippen LogP contribution < -0.4 is 21.3 Å². The number of carboxylic acid groups (broad SMARTS) is 1. The van der Waals surface area contributed by atoms with Crippen LogP contribution in [0.25, 0.3) is 0 Å². The number of aromatic nitrogens is 1. The van der Waals surface area contributed by atoms with Crippen molar-refractivity contribution < 1.29 is 14.6 Å². The van der Waals surface area contributed by atoms with Gasteiger partial charge in [0.15, 0.2) is 0 Å². The van der Waals surface area contributed by atoms with Crippen LogP contribution in [0.15, 0.2) is 48.8 Å². The molecular weight excluding hydrogens is 490 g/mol. The highest BCUT2D eigenvalue weighted by atomic mass is 16.5. The molecule has 0 amide bonds. The highest BCUT2D eigenvalue weighted by Crippen LogP contribution is 2.45. The molecule has 210 valence electrons. The van der Waals surface area contributed by atoms with Gasteiger partial charge >= 0.3 is 5.97 Å². The van der Waals surface area contributed by atoms with Gasteiger partial charge in [-0.15, -0.1) is 0 Å². The molecule has 0 aliphatic carbocycles. The lowest BCUT2D eigenvalue weighted by Crippen LogP contribution is -2.33. The molecule has 0 saturated heterocycles. The number of nitrogens with two attached hydrogens (primary N) is 2. The molecule has 2 heterocycles. The van der Waals surface area contributed by atoms with Gasteiger partial charge in [0.05, 0.1) is 16.8 Å². The zero-order chi connectivity index (χ0) is 28.9. The maximum Gasteiger partial charge on any atom is 0.310 e. The van der Waals surface area contributed by atoms with E-state index in [1.54, 1.807) is 27.1 Å². The molecule has 39 heavy (non-hydrogen) atoms. The molecule has 0 radical (unpaired) electrons. The molecule has 0 bridgehead atoms. The van der Waals surface area contributed by atoms with Crippen LogP contribution in [0.5, 0.6) is 5.75 Å². The number of hydrogen-bond donors (Lipinski definition) is 3. The van der Waals surface area contributed by atoms with E-state index in [0.29, 0.717) is 18.0 Å². The van der Waals surface area contributed by atoms with Crippen molar-refractivity contribution in [3.8, 4) is 5.75 Å². The van der Waals surface area contributed by atoms with Gasteiger partial charge in [0.1, 0.15) is 12.4 Å². The third-order valence-corrected chi connectivity index (χ3v) is 7.52. The Balaban J connectivity index is 0.00000205. The second kappa shape index (κ2) is 12.5. The topological polar surface area (TPSA) is 118 Å². The van der Waals surface area contributed by atoms with Crippen LogP contribution in [0.4, 0.5) is 11.4 Å². The van der Waals surface area contributed by atoms with E-state index in [1.807, 2.05) is 51.2 Å². The number of anilines is 2. The zero-order valence-corrected chi connectivity index (χ0v) is 24.3. The largest absolute Gasteiger partial charge is 0.492 e. The van der Waals surface area contributed by atoms with Crippen LogP contribution in [0, 0.1) is 19.3 Å². The van der Waals surface area contributed by atoms with Crippen molar-refractivity contribution >= 4 is 17.3 Å². The molecule has 1 unspecified atom stereocenters. The number of pyridine rings is 1. The van der Waals surface area contributed by atoms with Crippen LogP contribution in [0.1, 0.15) is 67.0 Å². The summed E-state index contributed by atoms with van der Waals surface area (Å²) in [5.74, 6) is 5.56. The number of carboxylic acids is 1. The first kappa shape index (κ1) is 29.9. The number of rotatable bonds is 7. The van der Waals surface area contributed by atoms with Gasteiger partial charge in [0.2, 0.25) is 0 Å². The van der Waals surface area contributed by atoms with E-state index >= 15 is 0 Å². The van der Waals surface area contributed by atoms with Gasteiger partial charge < -0.3 is 20.6 Å². The van der Waals surface area contributed by atoms with Crippen molar-refractivity contribution in [2.75, 3.05) is 30.9 Å². The van der Waals surface area contributed by atoms with Crippen molar-refractivity contribution in [2.24, 2.45) is 11.3 Å². The Morgan fingerprint density at radius 2 is 1.92 bits per heavy atom. The van der Waals surface area contributed by atoms with Crippen molar-refractivity contribution in [3.05, 3.63) is 82.2 Å². The predicted octanol–water partition coefficient (Wildman–Crippen LogP) is 5.25. The fourth-order valence-corrected chi connectivity index (χ4v) is 5.16. The van der Waals surface area contributed by atoms with Gasteiger partial charge in [-0.3, -0.25) is 14.7 Å². The van der Waals surface area contributed by atoms with E-state index < -0.39 is 17.3 Å². The Bertz CT molecular complexity index is 1310. The molecule has 1 aliphatic heterocycles. The standard InChI is InChI=1S/C29H37N5O3.C2H6/c1-18-6-7-20(14-21(18)16-34-12-13-37-25-10-11-32-15-22(25)17-34)26(29(3,4)28(35)36)23-8-9-24(33(5)31)27(30)19(23)2;1-2/h6-11,14-15,26H,12-13,16-17,30-31H2,1-5H3,(H,35,36);1-2H3. The summed E-state index contributed by atoms with van der Waals surface area (Å²) in [6.07, 6.45) is 3.61. The average Bonchev–Trinajstić information content (AvgIpc) is 3.11. The smallest absolute Gasteiger partial charge is 0.310 e. The van der Waals surface area contributed by atoms with Crippen LogP contribution in [0.3, 0.4) is 0 Å². The number of hydrogen-bond acceptors (Lipinski definition) is 7. The van der Waals surface area contributed by atoms with Crippen LogP contribution >= 0.6 is 0 Å². The number of nitrogen functional groups attached to an aromatic ring is 1. The lowest BCUT2D eigenvalue weighted by Gasteiger charge is -2.34. The van der Waals surface area contributed by atoms with Gasteiger partial charge in [-0.25, -0.2) is 5.84 Å². The van der Waals surface area contributed by atoms with Crippen LogP contribution in [0.2, 0.25) is 0 Å². The van der Waals surface area contributed by atoms with Crippen molar-refractivity contribution in [1.82, 2.24) is 9.88 Å². The van der Waals surface area contributed by atoms with Gasteiger partial charge in [-0.2, -0.15) is 0 Å². The Morgan fingerprint density at radius 1 is 1.21 bits per heavy atom.